The van der Waals surface area contributed by atoms with Gasteiger partial charge in [0.25, 0.3) is 0 Å². The summed E-state index contributed by atoms with van der Waals surface area (Å²) in [5.74, 6) is 1.69. The predicted octanol–water partition coefficient (Wildman–Crippen LogP) is 2.91. The summed E-state index contributed by atoms with van der Waals surface area (Å²) < 4.78 is 7.39. The lowest BCUT2D eigenvalue weighted by atomic mass is 10.2. The van der Waals surface area contributed by atoms with Crippen LogP contribution in [-0.2, 0) is 20.1 Å². The molecule has 5 nitrogen and oxygen atoms in total. The van der Waals surface area contributed by atoms with Gasteiger partial charge in [-0.1, -0.05) is 18.2 Å². The molecular formula is C17H25IN4O. The van der Waals surface area contributed by atoms with Crippen molar-refractivity contribution in [1.29, 1.82) is 0 Å². The summed E-state index contributed by atoms with van der Waals surface area (Å²) in [5.41, 5.74) is 2.30. The Bertz CT molecular complexity index is 625. The summed E-state index contributed by atoms with van der Waals surface area (Å²) in [5, 5.41) is 6.60. The number of aryl methyl sites for hydroxylation is 1. The Balaban J connectivity index is 0.00000264. The molecule has 1 heterocycles. The Morgan fingerprint density at radius 2 is 2.00 bits per heavy atom. The molecule has 1 aromatic heterocycles. The monoisotopic (exact) mass is 428 g/mol. The van der Waals surface area contributed by atoms with Crippen LogP contribution in [0, 0.1) is 0 Å². The number of guanidine groups is 1. The molecule has 0 aliphatic carbocycles. The molecular weight excluding hydrogens is 403 g/mol. The molecule has 0 unspecified atom stereocenters. The van der Waals surface area contributed by atoms with Gasteiger partial charge in [0.15, 0.2) is 5.96 Å². The average Bonchev–Trinajstić information content (AvgIpc) is 2.96. The lowest BCUT2D eigenvalue weighted by Gasteiger charge is -2.13. The number of nitrogens with zero attached hydrogens (tertiary/aromatic N) is 2. The van der Waals surface area contributed by atoms with Crippen molar-refractivity contribution in [2.24, 2.45) is 12.0 Å². The van der Waals surface area contributed by atoms with Crippen molar-refractivity contribution < 1.29 is 4.74 Å². The Morgan fingerprint density at radius 1 is 1.22 bits per heavy atom. The molecule has 0 aliphatic heterocycles. The fraction of sp³-hybridized carbons (Fsp3) is 0.353. The third kappa shape index (κ3) is 6.13. The van der Waals surface area contributed by atoms with E-state index in [2.05, 4.69) is 34.8 Å². The van der Waals surface area contributed by atoms with Gasteiger partial charge in [0.05, 0.1) is 13.7 Å². The van der Waals surface area contributed by atoms with Crippen molar-refractivity contribution in [2.75, 3.05) is 13.7 Å². The summed E-state index contributed by atoms with van der Waals surface area (Å²) in [4.78, 5) is 4.61. The fourth-order valence-electron chi connectivity index (χ4n) is 2.19. The van der Waals surface area contributed by atoms with E-state index < -0.39 is 0 Å². The molecule has 0 bridgehead atoms. The van der Waals surface area contributed by atoms with Crippen LogP contribution < -0.4 is 15.4 Å². The quantitative estimate of drug-likeness (QED) is 0.423. The number of para-hydroxylation sites is 1. The zero-order valence-electron chi connectivity index (χ0n) is 13.9. The Kier molecular flexibility index (Phi) is 8.53. The van der Waals surface area contributed by atoms with Gasteiger partial charge in [-0.3, -0.25) is 0 Å². The first-order chi connectivity index (χ1) is 10.7. The van der Waals surface area contributed by atoms with E-state index >= 15 is 0 Å². The van der Waals surface area contributed by atoms with Crippen molar-refractivity contribution >= 4 is 29.9 Å². The summed E-state index contributed by atoms with van der Waals surface area (Å²) in [6.45, 7) is 4.21. The lowest BCUT2D eigenvalue weighted by Crippen LogP contribution is -2.36. The summed E-state index contributed by atoms with van der Waals surface area (Å²) >= 11 is 0. The normalized spacial score (nSPS) is 10.8. The minimum absolute atomic E-state index is 0. The topological polar surface area (TPSA) is 50.6 Å². The predicted molar refractivity (Wildman–Crippen MR) is 105 cm³/mol. The average molecular weight is 428 g/mol. The van der Waals surface area contributed by atoms with E-state index in [9.17, 15) is 0 Å². The number of ether oxygens (including phenoxy) is 1. The largest absolute Gasteiger partial charge is 0.496 e. The molecule has 0 saturated heterocycles. The molecule has 0 spiro atoms. The van der Waals surface area contributed by atoms with E-state index in [-0.39, 0.29) is 24.0 Å². The van der Waals surface area contributed by atoms with Crippen LogP contribution >= 0.6 is 24.0 Å². The van der Waals surface area contributed by atoms with Gasteiger partial charge in [0, 0.05) is 38.1 Å². The molecule has 1 aromatic carbocycles. The van der Waals surface area contributed by atoms with Crippen LogP contribution in [0.1, 0.15) is 18.1 Å². The molecule has 0 saturated carbocycles. The number of aliphatic imine (C=N–C) groups is 1. The second-order valence-electron chi connectivity index (χ2n) is 5.05. The molecule has 2 aromatic rings. The number of methoxy groups -OCH3 is 1. The first kappa shape index (κ1) is 19.3. The van der Waals surface area contributed by atoms with Gasteiger partial charge in [-0.05, 0) is 24.6 Å². The third-order valence-electron chi connectivity index (χ3n) is 3.30. The standard InChI is InChI=1S/C17H24N4O.HI/c1-4-18-17(19-11-14-9-10-21(2)13-14)20-12-15-7-5-6-8-16(15)22-3;/h5-10,13H,4,11-12H2,1-3H3,(H2,18,19,20);1H. The van der Waals surface area contributed by atoms with Gasteiger partial charge in [-0.2, -0.15) is 0 Å². The molecule has 126 valence electrons. The number of hydrogen-bond donors (Lipinski definition) is 2. The zero-order chi connectivity index (χ0) is 15.8. The molecule has 6 heteroatoms. The van der Waals surface area contributed by atoms with E-state index in [0.29, 0.717) is 13.1 Å². The molecule has 2 N–H and O–H groups in total. The van der Waals surface area contributed by atoms with Gasteiger partial charge < -0.3 is 19.9 Å². The summed E-state index contributed by atoms with van der Waals surface area (Å²) in [6.07, 6.45) is 4.10. The van der Waals surface area contributed by atoms with Crippen molar-refractivity contribution in [2.45, 2.75) is 20.0 Å². The number of rotatable bonds is 6. The summed E-state index contributed by atoms with van der Waals surface area (Å²) in [7, 11) is 3.70. The van der Waals surface area contributed by atoms with Crippen molar-refractivity contribution in [1.82, 2.24) is 15.2 Å². The minimum atomic E-state index is 0. The number of benzene rings is 1. The van der Waals surface area contributed by atoms with Crippen molar-refractivity contribution in [3.8, 4) is 5.75 Å². The Hall–Kier alpha value is -1.70. The fourth-order valence-corrected chi connectivity index (χ4v) is 2.19. The van der Waals surface area contributed by atoms with E-state index in [1.54, 1.807) is 7.11 Å². The number of aromatic nitrogens is 1. The van der Waals surface area contributed by atoms with Crippen LogP contribution in [0.4, 0.5) is 0 Å². The zero-order valence-corrected chi connectivity index (χ0v) is 16.2. The van der Waals surface area contributed by atoms with Gasteiger partial charge in [0.2, 0.25) is 0 Å². The number of halogens is 1. The number of hydrogen-bond acceptors (Lipinski definition) is 2. The van der Waals surface area contributed by atoms with Gasteiger partial charge in [-0.15, -0.1) is 24.0 Å². The van der Waals surface area contributed by atoms with Crippen molar-refractivity contribution in [3.63, 3.8) is 0 Å². The van der Waals surface area contributed by atoms with Crippen LogP contribution in [0.5, 0.6) is 5.75 Å². The highest BCUT2D eigenvalue weighted by molar-refractivity contribution is 14.0. The van der Waals surface area contributed by atoms with Crippen molar-refractivity contribution in [3.05, 3.63) is 53.9 Å². The Labute approximate surface area is 155 Å². The van der Waals surface area contributed by atoms with Gasteiger partial charge in [-0.25, -0.2) is 4.99 Å². The van der Waals surface area contributed by atoms with E-state index in [4.69, 9.17) is 4.74 Å². The van der Waals surface area contributed by atoms with Gasteiger partial charge >= 0.3 is 0 Å². The maximum atomic E-state index is 5.37. The minimum Gasteiger partial charge on any atom is -0.496 e. The van der Waals surface area contributed by atoms with E-state index in [1.165, 1.54) is 5.56 Å². The van der Waals surface area contributed by atoms with E-state index in [0.717, 1.165) is 23.8 Å². The molecule has 23 heavy (non-hydrogen) atoms. The lowest BCUT2D eigenvalue weighted by molar-refractivity contribution is 0.409. The number of nitrogens with one attached hydrogen (secondary N) is 2. The first-order valence-corrected chi connectivity index (χ1v) is 7.48. The van der Waals surface area contributed by atoms with Crippen LogP contribution in [0.3, 0.4) is 0 Å². The highest BCUT2D eigenvalue weighted by Crippen LogP contribution is 2.16. The second-order valence-corrected chi connectivity index (χ2v) is 5.05. The summed E-state index contributed by atoms with van der Waals surface area (Å²) in [6, 6.07) is 10.1. The van der Waals surface area contributed by atoms with E-state index in [1.807, 2.05) is 42.1 Å². The highest BCUT2D eigenvalue weighted by atomic mass is 127. The van der Waals surface area contributed by atoms with Crippen LogP contribution in [0.2, 0.25) is 0 Å². The second kappa shape index (κ2) is 10.1. The SMILES string of the molecule is CCNC(=NCc1ccn(C)c1)NCc1ccccc1OC.I. The third-order valence-corrected chi connectivity index (χ3v) is 3.30. The van der Waals surface area contributed by atoms with Crippen LogP contribution in [-0.4, -0.2) is 24.2 Å². The molecule has 2 rings (SSSR count). The Morgan fingerprint density at radius 3 is 2.65 bits per heavy atom. The van der Waals surface area contributed by atoms with Crippen LogP contribution in [0.25, 0.3) is 0 Å². The molecule has 0 fully saturated rings. The smallest absolute Gasteiger partial charge is 0.191 e. The molecule has 0 amide bonds. The maximum absolute atomic E-state index is 5.37. The first-order valence-electron chi connectivity index (χ1n) is 7.48. The molecule has 0 atom stereocenters. The van der Waals surface area contributed by atoms with Crippen LogP contribution in [0.15, 0.2) is 47.7 Å². The molecule has 0 aliphatic rings. The highest BCUT2D eigenvalue weighted by Gasteiger charge is 2.03. The molecule has 0 radical (unpaired) electrons. The van der Waals surface area contributed by atoms with Gasteiger partial charge in [0.1, 0.15) is 5.75 Å². The maximum Gasteiger partial charge on any atom is 0.191 e.